The molecule has 0 aromatic rings. The molecule has 1 rings (SSSR count). The maximum atomic E-state index is 5.74. The summed E-state index contributed by atoms with van der Waals surface area (Å²) in [6.07, 6.45) is 4.66. The average molecular weight is 208 g/mol. The van der Waals surface area contributed by atoms with Gasteiger partial charge in [-0.25, -0.2) is 0 Å². The van der Waals surface area contributed by atoms with Gasteiger partial charge in [0.25, 0.3) is 0 Å². The highest BCUT2D eigenvalue weighted by molar-refractivity contribution is 5.31. The van der Waals surface area contributed by atoms with Crippen molar-refractivity contribution in [2.75, 3.05) is 6.61 Å². The van der Waals surface area contributed by atoms with Gasteiger partial charge < -0.3 is 4.74 Å². The van der Waals surface area contributed by atoms with Crippen LogP contribution in [0.25, 0.3) is 0 Å². The van der Waals surface area contributed by atoms with Crippen molar-refractivity contribution in [2.45, 2.75) is 47.5 Å². The summed E-state index contributed by atoms with van der Waals surface area (Å²) < 4.78 is 5.74. The molecule has 0 radical (unpaired) electrons. The molecule has 0 spiro atoms. The van der Waals surface area contributed by atoms with Crippen molar-refractivity contribution in [3.8, 4) is 0 Å². The second-order valence-corrected chi connectivity index (χ2v) is 4.85. The third-order valence-corrected chi connectivity index (χ3v) is 3.05. The number of ether oxygens (including phenoxy) is 1. The summed E-state index contributed by atoms with van der Waals surface area (Å²) in [4.78, 5) is 0. The van der Waals surface area contributed by atoms with E-state index in [0.717, 1.165) is 12.4 Å². The second kappa shape index (κ2) is 5.39. The van der Waals surface area contributed by atoms with Gasteiger partial charge in [0.2, 0.25) is 0 Å². The van der Waals surface area contributed by atoms with Crippen LogP contribution in [-0.2, 0) is 4.74 Å². The third kappa shape index (κ3) is 3.12. The Morgan fingerprint density at radius 2 is 1.80 bits per heavy atom. The van der Waals surface area contributed by atoms with E-state index in [0.29, 0.717) is 11.8 Å². The van der Waals surface area contributed by atoms with Crippen LogP contribution in [-0.4, -0.2) is 6.61 Å². The highest BCUT2D eigenvalue weighted by Gasteiger charge is 2.18. The third-order valence-electron chi connectivity index (χ3n) is 3.05. The van der Waals surface area contributed by atoms with E-state index in [4.69, 9.17) is 4.74 Å². The summed E-state index contributed by atoms with van der Waals surface area (Å²) >= 11 is 0. The smallest absolute Gasteiger partial charge is 0.118 e. The minimum atomic E-state index is 0.608. The zero-order chi connectivity index (χ0) is 11.4. The lowest BCUT2D eigenvalue weighted by Crippen LogP contribution is -2.09. The summed E-state index contributed by atoms with van der Waals surface area (Å²) in [5.41, 5.74) is 3.02. The van der Waals surface area contributed by atoms with E-state index in [1.807, 2.05) is 0 Å². The SMILES string of the molecule is CCOC1=C(C(C)C)CCC(C(C)C)=C1. The fourth-order valence-corrected chi connectivity index (χ4v) is 2.05. The van der Waals surface area contributed by atoms with E-state index in [2.05, 4.69) is 40.7 Å². The Morgan fingerprint density at radius 3 is 2.27 bits per heavy atom. The topological polar surface area (TPSA) is 9.23 Å². The fraction of sp³-hybridized carbons (Fsp3) is 0.714. The maximum Gasteiger partial charge on any atom is 0.118 e. The van der Waals surface area contributed by atoms with Crippen molar-refractivity contribution < 1.29 is 4.74 Å². The zero-order valence-corrected chi connectivity index (χ0v) is 10.8. The van der Waals surface area contributed by atoms with Gasteiger partial charge in [-0.2, -0.15) is 0 Å². The number of allylic oxidation sites excluding steroid dienone is 3. The van der Waals surface area contributed by atoms with Crippen molar-refractivity contribution in [1.82, 2.24) is 0 Å². The van der Waals surface area contributed by atoms with Gasteiger partial charge in [-0.1, -0.05) is 33.3 Å². The molecule has 0 bridgehead atoms. The van der Waals surface area contributed by atoms with Gasteiger partial charge in [0.05, 0.1) is 6.61 Å². The Hall–Kier alpha value is -0.720. The van der Waals surface area contributed by atoms with Crippen LogP contribution in [0.1, 0.15) is 47.5 Å². The Bertz CT molecular complexity index is 269. The molecule has 0 heterocycles. The predicted octanol–water partition coefficient (Wildman–Crippen LogP) is 4.31. The molecule has 0 atom stereocenters. The normalized spacial score (nSPS) is 17.4. The number of rotatable bonds is 4. The molecular formula is C14H24O. The summed E-state index contributed by atoms with van der Waals surface area (Å²) in [5, 5.41) is 0. The molecule has 0 aromatic heterocycles. The van der Waals surface area contributed by atoms with Crippen LogP contribution in [0.5, 0.6) is 0 Å². The van der Waals surface area contributed by atoms with Crippen LogP contribution >= 0.6 is 0 Å². The van der Waals surface area contributed by atoms with Crippen molar-refractivity contribution in [1.29, 1.82) is 0 Å². The summed E-state index contributed by atoms with van der Waals surface area (Å²) in [5.74, 6) is 2.40. The minimum Gasteiger partial charge on any atom is -0.494 e. The Morgan fingerprint density at radius 1 is 1.13 bits per heavy atom. The fourth-order valence-electron chi connectivity index (χ4n) is 2.05. The van der Waals surface area contributed by atoms with Gasteiger partial charge in [-0.15, -0.1) is 0 Å². The molecule has 0 saturated heterocycles. The standard InChI is InChI=1S/C14H24O/c1-6-15-14-9-12(10(2)3)7-8-13(14)11(4)5/h9-11H,6-8H2,1-5H3. The molecule has 0 unspecified atom stereocenters. The van der Waals surface area contributed by atoms with Crippen molar-refractivity contribution in [2.24, 2.45) is 11.8 Å². The van der Waals surface area contributed by atoms with Gasteiger partial charge in [0.15, 0.2) is 0 Å². The van der Waals surface area contributed by atoms with Crippen LogP contribution in [0.3, 0.4) is 0 Å². The zero-order valence-electron chi connectivity index (χ0n) is 10.8. The van der Waals surface area contributed by atoms with Crippen LogP contribution < -0.4 is 0 Å². The largest absolute Gasteiger partial charge is 0.494 e. The Kier molecular flexibility index (Phi) is 4.44. The summed E-state index contributed by atoms with van der Waals surface area (Å²) in [6.45, 7) is 11.9. The first-order valence-corrected chi connectivity index (χ1v) is 6.12. The molecule has 1 aliphatic carbocycles. The Balaban J connectivity index is 2.93. The molecule has 1 aliphatic rings. The van der Waals surface area contributed by atoms with E-state index >= 15 is 0 Å². The summed E-state index contributed by atoms with van der Waals surface area (Å²) in [7, 11) is 0. The van der Waals surface area contributed by atoms with Crippen LogP contribution in [0.15, 0.2) is 23.0 Å². The number of hydrogen-bond acceptors (Lipinski definition) is 1. The van der Waals surface area contributed by atoms with Crippen molar-refractivity contribution >= 4 is 0 Å². The van der Waals surface area contributed by atoms with Crippen LogP contribution in [0.2, 0.25) is 0 Å². The molecule has 86 valence electrons. The first-order valence-electron chi connectivity index (χ1n) is 6.12. The molecule has 1 heteroatoms. The number of hydrogen-bond donors (Lipinski definition) is 0. The van der Waals surface area contributed by atoms with Crippen molar-refractivity contribution in [3.63, 3.8) is 0 Å². The first kappa shape index (κ1) is 12.4. The van der Waals surface area contributed by atoms with Crippen LogP contribution in [0.4, 0.5) is 0 Å². The van der Waals surface area contributed by atoms with Gasteiger partial charge in [0, 0.05) is 0 Å². The van der Waals surface area contributed by atoms with Gasteiger partial charge >= 0.3 is 0 Å². The molecule has 0 aromatic carbocycles. The van der Waals surface area contributed by atoms with E-state index in [1.165, 1.54) is 24.0 Å². The Labute approximate surface area is 94.2 Å². The average Bonchev–Trinajstić information content (AvgIpc) is 2.17. The maximum absolute atomic E-state index is 5.74. The van der Waals surface area contributed by atoms with Gasteiger partial charge in [0.1, 0.15) is 5.76 Å². The van der Waals surface area contributed by atoms with E-state index in [1.54, 1.807) is 0 Å². The molecule has 0 aliphatic heterocycles. The highest BCUT2D eigenvalue weighted by atomic mass is 16.5. The molecule has 15 heavy (non-hydrogen) atoms. The van der Waals surface area contributed by atoms with E-state index in [9.17, 15) is 0 Å². The predicted molar refractivity (Wildman–Crippen MR) is 65.6 cm³/mol. The van der Waals surface area contributed by atoms with Crippen LogP contribution in [0, 0.1) is 11.8 Å². The summed E-state index contributed by atoms with van der Waals surface area (Å²) in [6, 6.07) is 0. The second-order valence-electron chi connectivity index (χ2n) is 4.85. The van der Waals surface area contributed by atoms with E-state index < -0.39 is 0 Å². The van der Waals surface area contributed by atoms with Crippen molar-refractivity contribution in [3.05, 3.63) is 23.0 Å². The first-order chi connectivity index (χ1) is 7.06. The lowest BCUT2D eigenvalue weighted by atomic mass is 9.86. The molecule has 0 N–H and O–H groups in total. The molecular weight excluding hydrogens is 184 g/mol. The minimum absolute atomic E-state index is 0.608. The quantitative estimate of drug-likeness (QED) is 0.669. The lowest BCUT2D eigenvalue weighted by Gasteiger charge is -2.24. The molecule has 0 fully saturated rings. The van der Waals surface area contributed by atoms with E-state index in [-0.39, 0.29) is 0 Å². The molecule has 0 saturated carbocycles. The molecule has 0 amide bonds. The molecule has 1 nitrogen and oxygen atoms in total. The lowest BCUT2D eigenvalue weighted by molar-refractivity contribution is 0.232. The monoisotopic (exact) mass is 208 g/mol. The van der Waals surface area contributed by atoms with Gasteiger partial charge in [-0.05, 0) is 43.3 Å². The highest BCUT2D eigenvalue weighted by Crippen LogP contribution is 2.32. The van der Waals surface area contributed by atoms with Gasteiger partial charge in [-0.3, -0.25) is 0 Å².